The van der Waals surface area contributed by atoms with E-state index in [2.05, 4.69) is 27.4 Å². The molecule has 172 valence electrons. The van der Waals surface area contributed by atoms with E-state index in [1.54, 1.807) is 60.0 Å². The van der Waals surface area contributed by atoms with Crippen molar-refractivity contribution in [1.82, 2.24) is 20.1 Å². The van der Waals surface area contributed by atoms with Crippen molar-refractivity contribution < 1.29 is 9.59 Å². The van der Waals surface area contributed by atoms with Crippen molar-refractivity contribution in [3.05, 3.63) is 81.6 Å². The summed E-state index contributed by atoms with van der Waals surface area (Å²) in [5.74, 6) is 0.0303. The fourth-order valence-corrected chi connectivity index (χ4v) is 4.47. The number of aromatic nitrogens is 3. The Hall–Kier alpha value is -2.52. The molecule has 0 aliphatic rings. The van der Waals surface area contributed by atoms with E-state index >= 15 is 0 Å². The number of carbonyl (C=O) groups excluding carboxylic acids is 2. The molecule has 0 aliphatic heterocycles. The lowest BCUT2D eigenvalue weighted by molar-refractivity contribution is -0.113. The lowest BCUT2D eigenvalue weighted by atomic mass is 10.2. The predicted octanol–water partition coefficient (Wildman–Crippen LogP) is 5.65. The smallest absolute Gasteiger partial charge is 0.253 e. The van der Waals surface area contributed by atoms with Gasteiger partial charge in [-0.15, -0.1) is 16.8 Å². The molecule has 2 aromatic carbocycles. The normalized spacial score (nSPS) is 11.6. The van der Waals surface area contributed by atoms with Gasteiger partial charge in [0.1, 0.15) is 0 Å². The summed E-state index contributed by atoms with van der Waals surface area (Å²) in [5, 5.41) is 15.8. The van der Waals surface area contributed by atoms with E-state index in [9.17, 15) is 9.59 Å². The van der Waals surface area contributed by atoms with Gasteiger partial charge in [0.2, 0.25) is 5.91 Å². The van der Waals surface area contributed by atoms with E-state index in [0.29, 0.717) is 43.8 Å². The van der Waals surface area contributed by atoms with Gasteiger partial charge in [-0.05, 0) is 37.3 Å². The van der Waals surface area contributed by atoms with Crippen LogP contribution in [0.15, 0.2) is 60.3 Å². The number of nitrogens with one attached hydrogen (secondary N) is 2. The average molecular weight is 525 g/mol. The van der Waals surface area contributed by atoms with Gasteiger partial charge < -0.3 is 15.2 Å². The molecule has 7 nitrogen and oxygen atoms in total. The molecule has 3 rings (SSSR count). The van der Waals surface area contributed by atoms with Gasteiger partial charge in [0, 0.05) is 22.3 Å². The number of rotatable bonds is 9. The number of amides is 2. The molecule has 1 heterocycles. The van der Waals surface area contributed by atoms with Crippen molar-refractivity contribution in [1.29, 1.82) is 0 Å². The summed E-state index contributed by atoms with van der Waals surface area (Å²) in [6.07, 6.45) is 1.69. The van der Waals surface area contributed by atoms with E-state index in [0.717, 1.165) is 0 Å². The highest BCUT2D eigenvalue weighted by Gasteiger charge is 2.21. The summed E-state index contributed by atoms with van der Waals surface area (Å²) >= 11 is 19.3. The van der Waals surface area contributed by atoms with Crippen LogP contribution in [0.3, 0.4) is 0 Å². The first-order valence-corrected chi connectivity index (χ1v) is 11.9. The van der Waals surface area contributed by atoms with Crippen LogP contribution in [0.1, 0.15) is 29.1 Å². The Morgan fingerprint density at radius 2 is 1.85 bits per heavy atom. The highest BCUT2D eigenvalue weighted by atomic mass is 35.5. The Morgan fingerprint density at radius 1 is 1.15 bits per heavy atom. The van der Waals surface area contributed by atoms with E-state index in [-0.39, 0.29) is 17.6 Å². The van der Waals surface area contributed by atoms with Crippen molar-refractivity contribution >= 4 is 64.1 Å². The monoisotopic (exact) mass is 523 g/mol. The van der Waals surface area contributed by atoms with Crippen LogP contribution in [-0.4, -0.2) is 32.3 Å². The van der Waals surface area contributed by atoms with Gasteiger partial charge >= 0.3 is 0 Å². The van der Waals surface area contributed by atoms with Crippen LogP contribution in [0, 0.1) is 0 Å². The highest BCUT2D eigenvalue weighted by molar-refractivity contribution is 7.99. The summed E-state index contributed by atoms with van der Waals surface area (Å²) in [7, 11) is 0. The molecule has 2 N–H and O–H groups in total. The van der Waals surface area contributed by atoms with Crippen LogP contribution in [0.2, 0.25) is 15.1 Å². The topological polar surface area (TPSA) is 88.9 Å². The number of hydrogen-bond donors (Lipinski definition) is 2. The number of halogens is 3. The molecule has 1 aromatic heterocycles. The molecule has 0 saturated heterocycles. The maximum Gasteiger partial charge on any atom is 0.253 e. The van der Waals surface area contributed by atoms with Crippen LogP contribution >= 0.6 is 46.6 Å². The van der Waals surface area contributed by atoms with Gasteiger partial charge in [0.25, 0.3) is 5.91 Å². The fourth-order valence-electron chi connectivity index (χ4n) is 2.97. The van der Waals surface area contributed by atoms with Crippen LogP contribution in [0.5, 0.6) is 0 Å². The number of carbonyl (C=O) groups is 2. The molecule has 1 atom stereocenters. The molecule has 0 spiro atoms. The van der Waals surface area contributed by atoms with E-state index in [4.69, 9.17) is 34.8 Å². The average Bonchev–Trinajstić information content (AvgIpc) is 3.14. The molecular formula is C22H20Cl3N5O2S. The first-order valence-electron chi connectivity index (χ1n) is 9.76. The second-order valence-corrected chi connectivity index (χ2v) is 9.13. The van der Waals surface area contributed by atoms with E-state index in [1.165, 1.54) is 11.8 Å². The largest absolute Gasteiger partial charge is 0.342 e. The zero-order chi connectivity index (χ0) is 24.0. The maximum absolute atomic E-state index is 12.6. The first-order chi connectivity index (χ1) is 15.8. The number of thioether (sulfide) groups is 1. The maximum atomic E-state index is 12.6. The molecule has 11 heteroatoms. The Morgan fingerprint density at radius 3 is 2.52 bits per heavy atom. The van der Waals surface area contributed by atoms with Gasteiger partial charge in [0.05, 0.1) is 22.4 Å². The van der Waals surface area contributed by atoms with Crippen molar-refractivity contribution in [3.8, 4) is 0 Å². The lowest BCUT2D eigenvalue weighted by Gasteiger charge is -2.15. The third kappa shape index (κ3) is 6.74. The summed E-state index contributed by atoms with van der Waals surface area (Å²) in [6, 6.07) is 11.1. The second-order valence-electron chi connectivity index (χ2n) is 6.91. The quantitative estimate of drug-likeness (QED) is 0.279. The number of nitrogens with zero attached hydrogens (tertiary/aromatic N) is 3. The minimum Gasteiger partial charge on any atom is -0.342 e. The van der Waals surface area contributed by atoms with Gasteiger partial charge in [0.15, 0.2) is 11.0 Å². The lowest BCUT2D eigenvalue weighted by Crippen LogP contribution is -2.29. The van der Waals surface area contributed by atoms with Crippen molar-refractivity contribution in [3.63, 3.8) is 0 Å². The molecule has 0 saturated carbocycles. The number of benzene rings is 2. The van der Waals surface area contributed by atoms with E-state index < -0.39 is 6.04 Å². The molecule has 0 fully saturated rings. The van der Waals surface area contributed by atoms with Gasteiger partial charge in [-0.2, -0.15) is 0 Å². The number of hydrogen-bond acceptors (Lipinski definition) is 5. The highest BCUT2D eigenvalue weighted by Crippen LogP contribution is 2.24. The minimum atomic E-state index is -0.460. The van der Waals surface area contributed by atoms with E-state index in [1.807, 2.05) is 0 Å². The standard InChI is InChI=1S/C22H20Cl3N5O2S/c1-3-8-30-20(13(2)26-21(32)17-6-4-5-7-18(17)25)28-29-22(30)33-12-19(31)27-16-10-14(23)9-15(24)11-16/h3-7,9-11,13H,1,8,12H2,2H3,(H,26,32)(H,27,31)/t13-/m0/s1. The van der Waals surface area contributed by atoms with Crippen molar-refractivity contribution in [2.24, 2.45) is 0 Å². The summed E-state index contributed by atoms with van der Waals surface area (Å²) in [4.78, 5) is 25.0. The second kappa shape index (κ2) is 11.6. The van der Waals surface area contributed by atoms with Crippen LogP contribution in [0.4, 0.5) is 5.69 Å². The molecule has 0 bridgehead atoms. The summed E-state index contributed by atoms with van der Waals surface area (Å²) < 4.78 is 1.79. The van der Waals surface area contributed by atoms with Gasteiger partial charge in [-0.1, -0.05) is 64.8 Å². The molecule has 0 unspecified atom stereocenters. The molecule has 2 amide bonds. The third-order valence-corrected chi connectivity index (χ3v) is 6.12. The zero-order valence-electron chi connectivity index (χ0n) is 17.5. The van der Waals surface area contributed by atoms with Crippen LogP contribution in [0.25, 0.3) is 0 Å². The Balaban J connectivity index is 1.68. The molecule has 0 radical (unpaired) electrons. The van der Waals surface area contributed by atoms with Gasteiger partial charge in [-0.25, -0.2) is 0 Å². The van der Waals surface area contributed by atoms with Crippen molar-refractivity contribution in [2.75, 3.05) is 11.1 Å². The fraction of sp³-hybridized carbons (Fsp3) is 0.182. The number of allylic oxidation sites excluding steroid dienone is 1. The minimum absolute atomic E-state index is 0.0831. The molecule has 3 aromatic rings. The predicted molar refractivity (Wildman–Crippen MR) is 133 cm³/mol. The Labute approximate surface area is 210 Å². The number of anilines is 1. The zero-order valence-corrected chi connectivity index (χ0v) is 20.6. The van der Waals surface area contributed by atoms with Crippen LogP contribution < -0.4 is 10.6 Å². The van der Waals surface area contributed by atoms with Gasteiger partial charge in [-0.3, -0.25) is 9.59 Å². The molecule has 0 aliphatic carbocycles. The summed E-state index contributed by atoms with van der Waals surface area (Å²) in [6.45, 7) is 5.97. The van der Waals surface area contributed by atoms with Crippen molar-refractivity contribution in [2.45, 2.75) is 24.7 Å². The molecule has 33 heavy (non-hydrogen) atoms. The Bertz CT molecular complexity index is 1160. The SMILES string of the molecule is C=CCn1c(SCC(=O)Nc2cc(Cl)cc(Cl)c2)nnc1[C@H](C)NC(=O)c1ccccc1Cl. The molecular weight excluding hydrogens is 505 g/mol. The third-order valence-electron chi connectivity index (χ3n) is 4.39. The van der Waals surface area contributed by atoms with Crippen LogP contribution in [-0.2, 0) is 11.3 Å². The summed E-state index contributed by atoms with van der Waals surface area (Å²) in [5.41, 5.74) is 0.871. The first kappa shape index (κ1) is 25.1. The Kier molecular flexibility index (Phi) is 8.80.